The number of hydrogen-bond acceptors (Lipinski definition) is 10. The zero-order valence-electron chi connectivity index (χ0n) is 18.9. The van der Waals surface area contributed by atoms with Gasteiger partial charge in [-0.3, -0.25) is 14.4 Å². The summed E-state index contributed by atoms with van der Waals surface area (Å²) in [6, 6.07) is 1.79. The number of benzene rings is 1. The molecule has 188 valence electrons. The highest BCUT2D eigenvalue weighted by molar-refractivity contribution is 6.47. The van der Waals surface area contributed by atoms with E-state index >= 15 is 0 Å². The molecule has 0 spiro atoms. The van der Waals surface area contributed by atoms with Gasteiger partial charge in [0, 0.05) is 17.7 Å². The van der Waals surface area contributed by atoms with Crippen molar-refractivity contribution in [2.24, 2.45) is 17.1 Å². The van der Waals surface area contributed by atoms with Crippen molar-refractivity contribution in [3.8, 4) is 11.5 Å². The highest BCUT2D eigenvalue weighted by Crippen LogP contribution is 2.54. The summed E-state index contributed by atoms with van der Waals surface area (Å²) in [6.45, 7) is -0.155. The van der Waals surface area contributed by atoms with Crippen LogP contribution in [0.5, 0.6) is 11.5 Å². The molecular weight excluding hydrogens is 498 g/mol. The molecule has 1 aromatic carbocycles. The molecule has 2 aliphatic carbocycles. The normalized spacial score (nSPS) is 25.8. The largest absolute Gasteiger partial charge is 0.492 e. The SMILES string of the molecule is COC1=CC([C@@H]2c3cc4c(cc3[C@@H](NC(=O)N(CCCl)N=O)[C@H]3COC(=O)[C@@H]32)OCO4)=CC(=O)C1=O. The molecule has 1 fully saturated rings. The average Bonchev–Trinajstić information content (AvgIpc) is 3.49. The van der Waals surface area contributed by atoms with Gasteiger partial charge in [-0.05, 0) is 41.0 Å². The second-order valence-electron chi connectivity index (χ2n) is 8.50. The number of fused-ring (bicyclic) bond motifs is 3. The molecule has 36 heavy (non-hydrogen) atoms. The first-order chi connectivity index (χ1) is 17.4. The number of carbonyl (C=O) groups excluding carboxylic acids is 4. The van der Waals surface area contributed by atoms with E-state index in [-0.39, 0.29) is 31.6 Å². The van der Waals surface area contributed by atoms with Crippen molar-refractivity contribution in [2.75, 3.05) is 32.9 Å². The number of halogens is 1. The van der Waals surface area contributed by atoms with Gasteiger partial charge >= 0.3 is 12.0 Å². The van der Waals surface area contributed by atoms with Crippen LogP contribution in [0.2, 0.25) is 0 Å². The molecule has 0 bridgehead atoms. The molecule has 12 nitrogen and oxygen atoms in total. The number of nitrogens with zero attached hydrogens (tertiary/aromatic N) is 2. The first kappa shape index (κ1) is 23.8. The summed E-state index contributed by atoms with van der Waals surface area (Å²) in [5.74, 6) is -3.52. The summed E-state index contributed by atoms with van der Waals surface area (Å²) < 4.78 is 21.6. The fourth-order valence-corrected chi connectivity index (χ4v) is 5.30. The lowest BCUT2D eigenvalue weighted by Gasteiger charge is -2.40. The van der Waals surface area contributed by atoms with Crippen LogP contribution in [0.15, 0.2) is 40.9 Å². The Kier molecular flexibility index (Phi) is 6.12. The van der Waals surface area contributed by atoms with Crippen molar-refractivity contribution >= 4 is 35.2 Å². The van der Waals surface area contributed by atoms with Crippen LogP contribution in [0.4, 0.5) is 4.79 Å². The van der Waals surface area contributed by atoms with E-state index in [2.05, 4.69) is 10.6 Å². The Morgan fingerprint density at radius 2 is 1.89 bits per heavy atom. The minimum Gasteiger partial charge on any atom is -0.492 e. The van der Waals surface area contributed by atoms with Crippen LogP contribution in [-0.2, 0) is 23.9 Å². The second-order valence-corrected chi connectivity index (χ2v) is 8.88. The maximum Gasteiger partial charge on any atom is 0.340 e. The van der Waals surface area contributed by atoms with Gasteiger partial charge in [0.1, 0.15) is 0 Å². The van der Waals surface area contributed by atoms with Crippen LogP contribution in [0.25, 0.3) is 0 Å². The molecule has 0 aromatic heterocycles. The lowest BCUT2D eigenvalue weighted by Crippen LogP contribution is -2.46. The predicted octanol–water partition coefficient (Wildman–Crippen LogP) is 1.88. The predicted molar refractivity (Wildman–Crippen MR) is 121 cm³/mol. The lowest BCUT2D eigenvalue weighted by molar-refractivity contribution is -0.141. The fourth-order valence-electron chi connectivity index (χ4n) is 5.14. The van der Waals surface area contributed by atoms with E-state index in [1.807, 2.05) is 0 Å². The summed E-state index contributed by atoms with van der Waals surface area (Å²) >= 11 is 5.68. The number of esters is 1. The third-order valence-electron chi connectivity index (χ3n) is 6.72. The van der Waals surface area contributed by atoms with Crippen molar-refractivity contribution in [3.05, 3.63) is 51.7 Å². The molecule has 2 heterocycles. The molecule has 0 unspecified atom stereocenters. The molecule has 4 aliphatic rings. The average molecular weight is 518 g/mol. The monoisotopic (exact) mass is 517 g/mol. The van der Waals surface area contributed by atoms with Crippen molar-refractivity contribution in [2.45, 2.75) is 12.0 Å². The minimum atomic E-state index is -0.824. The van der Waals surface area contributed by atoms with Gasteiger partial charge in [0.25, 0.3) is 5.78 Å². The van der Waals surface area contributed by atoms with Gasteiger partial charge in [0.2, 0.25) is 12.6 Å². The van der Waals surface area contributed by atoms with Gasteiger partial charge in [-0.25, -0.2) is 4.79 Å². The number of alkyl halides is 1. The van der Waals surface area contributed by atoms with Crippen molar-refractivity contribution in [1.82, 2.24) is 10.3 Å². The van der Waals surface area contributed by atoms with Gasteiger partial charge in [-0.15, -0.1) is 16.5 Å². The topological polar surface area (TPSA) is 150 Å². The Morgan fingerprint density at radius 1 is 1.17 bits per heavy atom. The first-order valence-electron chi connectivity index (χ1n) is 11.0. The molecule has 5 rings (SSSR count). The van der Waals surface area contributed by atoms with Crippen LogP contribution in [0, 0.1) is 16.7 Å². The summed E-state index contributed by atoms with van der Waals surface area (Å²) in [7, 11) is 1.28. The summed E-state index contributed by atoms with van der Waals surface area (Å²) in [6.07, 6.45) is 2.62. The van der Waals surface area contributed by atoms with Gasteiger partial charge in [-0.1, -0.05) is 0 Å². The van der Waals surface area contributed by atoms with Crippen molar-refractivity contribution < 1.29 is 38.1 Å². The lowest BCUT2D eigenvalue weighted by atomic mass is 9.64. The van der Waals surface area contributed by atoms with E-state index in [4.69, 9.17) is 30.5 Å². The number of ketones is 2. The quantitative estimate of drug-likeness (QED) is 0.149. The van der Waals surface area contributed by atoms with Gasteiger partial charge < -0.3 is 24.3 Å². The minimum absolute atomic E-state index is 0.0100. The number of nitroso groups, excluding NO2 is 1. The zero-order valence-corrected chi connectivity index (χ0v) is 19.6. The molecule has 4 atom stereocenters. The number of carbonyl (C=O) groups is 4. The van der Waals surface area contributed by atoms with Crippen LogP contribution < -0.4 is 14.8 Å². The third kappa shape index (κ3) is 3.77. The highest BCUT2D eigenvalue weighted by Gasteiger charge is 2.54. The van der Waals surface area contributed by atoms with Gasteiger partial charge in [0.15, 0.2) is 17.3 Å². The van der Waals surface area contributed by atoms with Crippen LogP contribution in [0.1, 0.15) is 23.1 Å². The second kappa shape index (κ2) is 9.26. The van der Waals surface area contributed by atoms with Gasteiger partial charge in [-0.2, -0.15) is 5.01 Å². The maximum absolute atomic E-state index is 13.0. The molecule has 0 radical (unpaired) electrons. The van der Waals surface area contributed by atoms with Crippen LogP contribution in [-0.4, -0.2) is 61.5 Å². The number of urea groups is 1. The number of methoxy groups -OCH3 is 1. The van der Waals surface area contributed by atoms with Crippen molar-refractivity contribution in [3.63, 3.8) is 0 Å². The summed E-state index contributed by atoms with van der Waals surface area (Å²) in [4.78, 5) is 61.7. The third-order valence-corrected chi connectivity index (χ3v) is 6.89. The van der Waals surface area contributed by atoms with E-state index in [9.17, 15) is 24.1 Å². The molecule has 1 N–H and O–H groups in total. The molecule has 0 saturated carbocycles. The van der Waals surface area contributed by atoms with Gasteiger partial charge in [0.05, 0.1) is 37.5 Å². The number of cyclic esters (lactones) is 1. The van der Waals surface area contributed by atoms with Crippen molar-refractivity contribution in [1.29, 1.82) is 0 Å². The Hall–Kier alpha value is -3.93. The number of ether oxygens (including phenoxy) is 4. The molecule has 1 saturated heterocycles. The standard InChI is InChI=1S/C23H20ClN3O9/c1-33-17-5-10(4-14(28)21(17)29)18-11-6-15-16(36-9-35-15)7-12(11)20(13-8-34-22(30)19(13)18)25-23(31)27(26-32)3-2-24/h4-7,13,18-20H,2-3,8-9H2,1H3,(H,25,31)/t13-,18+,19-,20+/m0/s1. The number of nitrogens with one attached hydrogen (secondary N) is 1. The molecule has 13 heteroatoms. The summed E-state index contributed by atoms with van der Waals surface area (Å²) in [5.41, 5.74) is 1.52. The smallest absolute Gasteiger partial charge is 0.340 e. The molecule has 2 aliphatic heterocycles. The van der Waals surface area contributed by atoms with E-state index in [1.165, 1.54) is 19.3 Å². The number of Topliss-reactive ketones (excluding diaryl/α,β-unsaturated/α-hetero) is 1. The van der Waals surface area contributed by atoms with E-state index in [0.717, 1.165) is 0 Å². The Bertz CT molecular complexity index is 1240. The number of rotatable bonds is 6. The zero-order chi connectivity index (χ0) is 25.6. The molecule has 1 aromatic rings. The Morgan fingerprint density at radius 3 is 2.56 bits per heavy atom. The highest BCUT2D eigenvalue weighted by atomic mass is 35.5. The van der Waals surface area contributed by atoms with Crippen LogP contribution >= 0.6 is 11.6 Å². The van der Waals surface area contributed by atoms with E-state index in [1.54, 1.807) is 12.1 Å². The Balaban J connectivity index is 1.65. The number of hydrogen-bond donors (Lipinski definition) is 1. The van der Waals surface area contributed by atoms with E-state index < -0.39 is 47.4 Å². The molecule has 2 amide bonds. The number of amides is 2. The Labute approximate surface area is 209 Å². The summed E-state index contributed by atoms with van der Waals surface area (Å²) in [5, 5.41) is 6.15. The molecular formula is C23H20ClN3O9. The van der Waals surface area contributed by atoms with E-state index in [0.29, 0.717) is 33.2 Å². The fraction of sp³-hybridized carbons (Fsp3) is 0.391. The number of allylic oxidation sites excluding steroid dienone is 4. The van der Waals surface area contributed by atoms with Crippen LogP contribution in [0.3, 0.4) is 0 Å². The first-order valence-corrected chi connectivity index (χ1v) is 11.5. The maximum atomic E-state index is 13.0.